The van der Waals surface area contributed by atoms with Crippen molar-refractivity contribution in [2.45, 2.75) is 25.7 Å². The molecule has 3 nitrogen and oxygen atoms in total. The molecule has 4 heteroatoms. The summed E-state index contributed by atoms with van der Waals surface area (Å²) in [6.45, 7) is 1.56. The fourth-order valence-corrected chi connectivity index (χ4v) is 1.70. The van der Waals surface area contributed by atoms with Crippen LogP contribution in [0.2, 0.25) is 0 Å². The molecule has 0 fully saturated rings. The van der Waals surface area contributed by atoms with Gasteiger partial charge in [0.2, 0.25) is 0 Å². The number of aliphatic hydroxyl groups excluding tert-OH is 2. The van der Waals surface area contributed by atoms with Gasteiger partial charge in [-0.05, 0) is 30.2 Å². The van der Waals surface area contributed by atoms with Gasteiger partial charge in [-0.3, -0.25) is 0 Å². The zero-order valence-electron chi connectivity index (χ0n) is 7.94. The van der Waals surface area contributed by atoms with Gasteiger partial charge in [-0.15, -0.1) is 0 Å². The predicted molar refractivity (Wildman–Crippen MR) is 58.7 cm³/mol. The molecule has 2 atom stereocenters. The largest absolute Gasteiger partial charge is 0.392 e. The highest BCUT2D eigenvalue weighted by Crippen LogP contribution is 2.23. The SMILES string of the molecule is CC(O)C(N)c1ccc(Br)cc1CO. The number of aliphatic hydroxyl groups is 2. The zero-order chi connectivity index (χ0) is 10.7. The van der Waals surface area contributed by atoms with Crippen molar-refractivity contribution in [3.8, 4) is 0 Å². The van der Waals surface area contributed by atoms with E-state index in [1.54, 1.807) is 13.0 Å². The quantitative estimate of drug-likeness (QED) is 0.767. The van der Waals surface area contributed by atoms with Crippen LogP contribution in [0.3, 0.4) is 0 Å². The third kappa shape index (κ3) is 2.54. The van der Waals surface area contributed by atoms with Gasteiger partial charge in [-0.1, -0.05) is 22.0 Å². The van der Waals surface area contributed by atoms with E-state index in [4.69, 9.17) is 10.8 Å². The summed E-state index contributed by atoms with van der Waals surface area (Å²) in [4.78, 5) is 0. The van der Waals surface area contributed by atoms with Gasteiger partial charge in [-0.25, -0.2) is 0 Å². The van der Waals surface area contributed by atoms with Gasteiger partial charge in [0, 0.05) is 4.47 Å². The highest BCUT2D eigenvalue weighted by molar-refractivity contribution is 9.10. The first-order chi connectivity index (χ1) is 6.56. The minimum absolute atomic E-state index is 0.0742. The summed E-state index contributed by atoms with van der Waals surface area (Å²) in [6, 6.07) is 5.01. The van der Waals surface area contributed by atoms with Gasteiger partial charge in [0.25, 0.3) is 0 Å². The van der Waals surface area contributed by atoms with Crippen molar-refractivity contribution in [1.29, 1.82) is 0 Å². The Morgan fingerprint density at radius 3 is 2.64 bits per heavy atom. The Balaban J connectivity index is 3.07. The first kappa shape index (κ1) is 11.7. The Kier molecular flexibility index (Phi) is 4.07. The molecule has 0 aliphatic carbocycles. The van der Waals surface area contributed by atoms with Crippen LogP contribution in [0.25, 0.3) is 0 Å². The van der Waals surface area contributed by atoms with Gasteiger partial charge in [-0.2, -0.15) is 0 Å². The van der Waals surface area contributed by atoms with E-state index in [9.17, 15) is 5.11 Å². The van der Waals surface area contributed by atoms with Crippen LogP contribution in [0.1, 0.15) is 24.1 Å². The highest BCUT2D eigenvalue weighted by atomic mass is 79.9. The van der Waals surface area contributed by atoms with E-state index in [0.29, 0.717) is 0 Å². The Morgan fingerprint density at radius 1 is 1.50 bits per heavy atom. The molecule has 0 saturated heterocycles. The molecule has 0 spiro atoms. The lowest BCUT2D eigenvalue weighted by Gasteiger charge is -2.18. The summed E-state index contributed by atoms with van der Waals surface area (Å²) in [7, 11) is 0. The Labute approximate surface area is 91.7 Å². The van der Waals surface area contributed by atoms with E-state index in [1.807, 2.05) is 12.1 Å². The van der Waals surface area contributed by atoms with Gasteiger partial charge in [0.1, 0.15) is 0 Å². The second-order valence-electron chi connectivity index (χ2n) is 3.27. The molecule has 0 bridgehead atoms. The third-order valence-electron chi connectivity index (χ3n) is 2.15. The monoisotopic (exact) mass is 259 g/mol. The van der Waals surface area contributed by atoms with Crippen molar-refractivity contribution in [3.05, 3.63) is 33.8 Å². The van der Waals surface area contributed by atoms with Gasteiger partial charge >= 0.3 is 0 Å². The molecule has 1 rings (SSSR count). The zero-order valence-corrected chi connectivity index (χ0v) is 9.53. The van der Waals surface area contributed by atoms with Crippen molar-refractivity contribution in [3.63, 3.8) is 0 Å². The molecule has 0 radical (unpaired) electrons. The molecule has 1 aromatic carbocycles. The molecule has 78 valence electrons. The Hall–Kier alpha value is -0.420. The standard InChI is InChI=1S/C10H14BrNO2/c1-6(14)10(12)9-3-2-8(11)4-7(9)5-13/h2-4,6,10,13-14H,5,12H2,1H3. The van der Waals surface area contributed by atoms with Crippen LogP contribution in [-0.4, -0.2) is 16.3 Å². The number of halogens is 1. The van der Waals surface area contributed by atoms with Crippen molar-refractivity contribution in [2.24, 2.45) is 5.73 Å². The van der Waals surface area contributed by atoms with Crippen LogP contribution >= 0.6 is 15.9 Å². The van der Waals surface area contributed by atoms with Crippen molar-refractivity contribution in [1.82, 2.24) is 0 Å². The van der Waals surface area contributed by atoms with Crippen LogP contribution in [0.15, 0.2) is 22.7 Å². The fourth-order valence-electron chi connectivity index (χ4n) is 1.30. The van der Waals surface area contributed by atoms with Gasteiger partial charge < -0.3 is 15.9 Å². The van der Waals surface area contributed by atoms with E-state index in [-0.39, 0.29) is 6.61 Å². The van der Waals surface area contributed by atoms with E-state index in [2.05, 4.69) is 15.9 Å². The van der Waals surface area contributed by atoms with Crippen LogP contribution in [0, 0.1) is 0 Å². The molecule has 0 amide bonds. The van der Waals surface area contributed by atoms with E-state index in [1.165, 1.54) is 0 Å². The molecular weight excluding hydrogens is 246 g/mol. The summed E-state index contributed by atoms with van der Waals surface area (Å²) >= 11 is 3.31. The molecule has 4 N–H and O–H groups in total. The summed E-state index contributed by atoms with van der Waals surface area (Å²) in [5.41, 5.74) is 7.31. The maximum absolute atomic E-state index is 9.35. The number of nitrogens with two attached hydrogens (primary N) is 1. The lowest BCUT2D eigenvalue weighted by molar-refractivity contribution is 0.163. The second-order valence-corrected chi connectivity index (χ2v) is 4.18. The van der Waals surface area contributed by atoms with Gasteiger partial charge in [0.05, 0.1) is 18.8 Å². The van der Waals surface area contributed by atoms with Crippen LogP contribution in [-0.2, 0) is 6.61 Å². The minimum Gasteiger partial charge on any atom is -0.392 e. The van der Waals surface area contributed by atoms with Crippen LogP contribution in [0.4, 0.5) is 0 Å². The van der Waals surface area contributed by atoms with E-state index >= 15 is 0 Å². The molecule has 0 aliphatic heterocycles. The predicted octanol–water partition coefficient (Wildman–Crippen LogP) is 1.32. The average molecular weight is 260 g/mol. The normalized spacial score (nSPS) is 15.2. The van der Waals surface area contributed by atoms with E-state index < -0.39 is 12.1 Å². The van der Waals surface area contributed by atoms with E-state index in [0.717, 1.165) is 15.6 Å². The lowest BCUT2D eigenvalue weighted by Crippen LogP contribution is -2.24. The second kappa shape index (κ2) is 4.89. The van der Waals surface area contributed by atoms with Gasteiger partial charge in [0.15, 0.2) is 0 Å². The summed E-state index contributed by atoms with van der Waals surface area (Å²) < 4.78 is 0.892. The molecule has 0 saturated carbocycles. The summed E-state index contributed by atoms with van der Waals surface area (Å²) in [5.74, 6) is 0. The summed E-state index contributed by atoms with van der Waals surface area (Å²) in [6.07, 6.45) is -0.624. The average Bonchev–Trinajstić information content (AvgIpc) is 2.16. The number of benzene rings is 1. The number of hydrogen-bond donors (Lipinski definition) is 3. The number of hydrogen-bond acceptors (Lipinski definition) is 3. The topological polar surface area (TPSA) is 66.5 Å². The molecule has 0 heterocycles. The van der Waals surface area contributed by atoms with Crippen molar-refractivity contribution >= 4 is 15.9 Å². The molecule has 14 heavy (non-hydrogen) atoms. The smallest absolute Gasteiger partial charge is 0.0704 e. The Bertz CT molecular complexity index is 315. The van der Waals surface area contributed by atoms with Crippen LogP contribution in [0.5, 0.6) is 0 Å². The first-order valence-corrected chi connectivity index (χ1v) is 5.18. The highest BCUT2D eigenvalue weighted by Gasteiger charge is 2.15. The first-order valence-electron chi connectivity index (χ1n) is 4.39. The lowest BCUT2D eigenvalue weighted by atomic mass is 9.98. The molecular formula is C10H14BrNO2. The maximum atomic E-state index is 9.35. The fraction of sp³-hybridized carbons (Fsp3) is 0.400. The van der Waals surface area contributed by atoms with Crippen molar-refractivity contribution < 1.29 is 10.2 Å². The van der Waals surface area contributed by atoms with Crippen LogP contribution < -0.4 is 5.73 Å². The van der Waals surface area contributed by atoms with Crippen molar-refractivity contribution in [2.75, 3.05) is 0 Å². The Morgan fingerprint density at radius 2 is 2.14 bits per heavy atom. The molecule has 0 aliphatic rings. The molecule has 2 unspecified atom stereocenters. The minimum atomic E-state index is -0.624. The molecule has 0 aromatic heterocycles. The number of rotatable bonds is 3. The third-order valence-corrected chi connectivity index (χ3v) is 2.65. The summed E-state index contributed by atoms with van der Waals surface area (Å²) in [5, 5.41) is 18.5. The molecule has 1 aromatic rings. The maximum Gasteiger partial charge on any atom is 0.0704 e.